The lowest BCUT2D eigenvalue weighted by atomic mass is 10.2. The lowest BCUT2D eigenvalue weighted by molar-refractivity contribution is -0.384. The van der Waals surface area contributed by atoms with E-state index in [-0.39, 0.29) is 61.4 Å². The SMILES string of the molecule is O=c1c2cnn(-c3ccc([N+](=O)[O-])cc3)c2nc(-c2ccc(Cl)cc2Cl)n1-c1ccc(Cl)cc1.O=c1c2cnn(-c3ccccc3[N+](=O)[O-])c2nc(-c2ccc(Cl)cc2Cl)n1-c1ccc(Cl)cc1. The number of nitro groups is 2. The summed E-state index contributed by atoms with van der Waals surface area (Å²) in [6.45, 7) is 0. The molecule has 336 valence electrons. The highest BCUT2D eigenvalue weighted by Gasteiger charge is 2.24. The summed E-state index contributed by atoms with van der Waals surface area (Å²) in [4.78, 5) is 58.4. The molecule has 0 saturated carbocycles. The van der Waals surface area contributed by atoms with E-state index in [2.05, 4.69) is 10.2 Å². The first-order valence-corrected chi connectivity index (χ1v) is 21.9. The molecule has 4 heterocycles. The normalized spacial score (nSPS) is 11.1. The smallest absolute Gasteiger partial charge is 0.268 e. The Morgan fingerprint density at radius 2 is 0.897 bits per heavy atom. The van der Waals surface area contributed by atoms with Gasteiger partial charge in [0.1, 0.15) is 16.5 Å². The Kier molecular flexibility index (Phi) is 12.6. The second-order valence-corrected chi connectivity index (χ2v) is 17.0. The van der Waals surface area contributed by atoms with Crippen LogP contribution in [0.1, 0.15) is 0 Å². The summed E-state index contributed by atoms with van der Waals surface area (Å²) >= 11 is 37.2. The van der Waals surface area contributed by atoms with Gasteiger partial charge in [0.25, 0.3) is 22.5 Å². The molecular weight excluding hydrogens is 1000 g/mol. The van der Waals surface area contributed by atoms with E-state index in [4.69, 9.17) is 79.6 Å². The third kappa shape index (κ3) is 8.67. The molecule has 10 rings (SSSR count). The van der Waals surface area contributed by atoms with Gasteiger partial charge in [-0.1, -0.05) is 81.7 Å². The predicted molar refractivity (Wildman–Crippen MR) is 263 cm³/mol. The van der Waals surface area contributed by atoms with Gasteiger partial charge in [0.05, 0.1) is 49.3 Å². The van der Waals surface area contributed by atoms with Gasteiger partial charge in [-0.15, -0.1) is 0 Å². The van der Waals surface area contributed by atoms with Crippen molar-refractivity contribution >= 4 is 103 Å². The number of nitrogens with zero attached hydrogens (tertiary/aromatic N) is 10. The first-order valence-electron chi connectivity index (χ1n) is 19.6. The van der Waals surface area contributed by atoms with Gasteiger partial charge < -0.3 is 0 Å². The van der Waals surface area contributed by atoms with Crippen LogP contribution in [0.15, 0.2) is 155 Å². The maximum atomic E-state index is 13.7. The topological polar surface area (TPSA) is 192 Å². The molecule has 0 saturated heterocycles. The molecule has 0 amide bonds. The van der Waals surface area contributed by atoms with Crippen molar-refractivity contribution in [3.8, 4) is 45.5 Å². The number of nitro benzene ring substituents is 2. The van der Waals surface area contributed by atoms with Crippen LogP contribution in [0.25, 0.3) is 67.6 Å². The van der Waals surface area contributed by atoms with Crippen LogP contribution in [0.2, 0.25) is 30.1 Å². The molecule has 0 radical (unpaired) electrons. The zero-order chi connectivity index (χ0) is 48.0. The molecule has 16 nitrogen and oxygen atoms in total. The van der Waals surface area contributed by atoms with Crippen molar-refractivity contribution in [1.82, 2.24) is 38.7 Å². The Hall–Kier alpha value is -7.44. The first-order chi connectivity index (χ1) is 32.7. The number of non-ortho nitro benzene ring substituents is 1. The average molecular weight is 1030 g/mol. The number of hydrogen-bond acceptors (Lipinski definition) is 10. The Morgan fingerprint density at radius 1 is 0.471 bits per heavy atom. The van der Waals surface area contributed by atoms with Gasteiger partial charge in [-0.3, -0.25) is 39.0 Å². The summed E-state index contributed by atoms with van der Waals surface area (Å²) in [6.07, 6.45) is 2.74. The van der Waals surface area contributed by atoms with Crippen molar-refractivity contribution in [2.45, 2.75) is 0 Å². The van der Waals surface area contributed by atoms with Crippen molar-refractivity contribution in [3.05, 3.63) is 217 Å². The molecule has 0 spiro atoms. The lowest BCUT2D eigenvalue weighted by Gasteiger charge is -2.14. The summed E-state index contributed by atoms with van der Waals surface area (Å²) < 4.78 is 5.53. The van der Waals surface area contributed by atoms with Crippen LogP contribution in [0.3, 0.4) is 0 Å². The second-order valence-electron chi connectivity index (χ2n) is 14.5. The largest absolute Gasteiger partial charge is 0.294 e. The fraction of sp³-hybridized carbons (Fsp3) is 0. The maximum Gasteiger partial charge on any atom is 0.294 e. The summed E-state index contributed by atoms with van der Waals surface area (Å²) in [5.74, 6) is 0.479. The van der Waals surface area contributed by atoms with E-state index in [1.54, 1.807) is 97.1 Å². The fourth-order valence-electron chi connectivity index (χ4n) is 7.18. The van der Waals surface area contributed by atoms with E-state index < -0.39 is 15.4 Å². The van der Waals surface area contributed by atoms with E-state index in [0.717, 1.165) is 0 Å². The summed E-state index contributed by atoms with van der Waals surface area (Å²) in [5.41, 5.74) is 2.00. The van der Waals surface area contributed by atoms with Crippen LogP contribution in [-0.2, 0) is 0 Å². The Labute approximate surface area is 411 Å². The summed E-state index contributed by atoms with van der Waals surface area (Å²) in [6, 6.07) is 35.0. The van der Waals surface area contributed by atoms with Crippen molar-refractivity contribution in [2.24, 2.45) is 0 Å². The van der Waals surface area contributed by atoms with E-state index in [1.807, 2.05) is 0 Å². The van der Waals surface area contributed by atoms with Gasteiger partial charge in [0, 0.05) is 49.4 Å². The number of rotatable bonds is 8. The minimum absolute atomic E-state index is 0.0631. The van der Waals surface area contributed by atoms with Gasteiger partial charge in [0.15, 0.2) is 22.9 Å². The number of benzene rings is 6. The zero-order valence-electron chi connectivity index (χ0n) is 34.0. The lowest BCUT2D eigenvalue weighted by Crippen LogP contribution is -2.22. The van der Waals surface area contributed by atoms with Crippen LogP contribution in [0.4, 0.5) is 11.4 Å². The van der Waals surface area contributed by atoms with Crippen LogP contribution in [0, 0.1) is 20.2 Å². The number of halogens is 6. The molecule has 22 heteroatoms. The second kappa shape index (κ2) is 18.7. The molecule has 0 aliphatic heterocycles. The van der Waals surface area contributed by atoms with Gasteiger partial charge in [0.2, 0.25) is 0 Å². The quantitative estimate of drug-likeness (QED) is 0.104. The Morgan fingerprint density at radius 3 is 1.35 bits per heavy atom. The molecule has 0 aliphatic rings. The number of aromatic nitrogens is 8. The molecule has 0 fully saturated rings. The van der Waals surface area contributed by atoms with Crippen LogP contribution < -0.4 is 11.1 Å². The van der Waals surface area contributed by atoms with E-state index in [0.29, 0.717) is 53.3 Å². The van der Waals surface area contributed by atoms with Gasteiger partial charge in [-0.2, -0.15) is 10.2 Å². The van der Waals surface area contributed by atoms with Crippen LogP contribution in [0.5, 0.6) is 0 Å². The average Bonchev–Trinajstić information content (AvgIpc) is 3.95. The molecule has 10 aromatic rings. The third-order valence-electron chi connectivity index (χ3n) is 10.3. The van der Waals surface area contributed by atoms with Gasteiger partial charge >= 0.3 is 0 Å². The maximum absolute atomic E-state index is 13.7. The zero-order valence-corrected chi connectivity index (χ0v) is 38.6. The van der Waals surface area contributed by atoms with Crippen LogP contribution >= 0.6 is 69.6 Å². The number of hydrogen-bond donors (Lipinski definition) is 0. The Bertz CT molecular complexity index is 3770. The number of para-hydroxylation sites is 2. The van der Waals surface area contributed by atoms with E-state index in [1.165, 1.54) is 67.3 Å². The molecule has 68 heavy (non-hydrogen) atoms. The first kappa shape index (κ1) is 45.7. The van der Waals surface area contributed by atoms with Crippen molar-refractivity contribution in [3.63, 3.8) is 0 Å². The molecule has 0 atom stereocenters. The third-order valence-corrected chi connectivity index (χ3v) is 11.9. The van der Waals surface area contributed by atoms with Crippen molar-refractivity contribution in [2.75, 3.05) is 0 Å². The van der Waals surface area contributed by atoms with Crippen LogP contribution in [-0.4, -0.2) is 48.5 Å². The monoisotopic (exact) mass is 1020 g/mol. The standard InChI is InChI=1S/2C23H12Cl3N5O3/c24-13-1-4-15(5-2-13)29-21(18-10-3-14(25)11-20(18)26)28-22-19(23(29)32)12-27-30(22)16-6-8-17(9-7-16)31(33)34;24-13-5-8-15(9-6-13)29-21(16-10-7-14(25)11-18(16)26)28-22-17(23(29)32)12-27-30(22)19-3-1-2-4-20(19)31(33)34/h2*1-12H. The van der Waals surface area contributed by atoms with E-state index in [9.17, 15) is 29.8 Å². The summed E-state index contributed by atoms with van der Waals surface area (Å²) in [5, 5.41) is 34.0. The molecular formula is C46H24Cl6N10O6. The fourth-order valence-corrected chi connectivity index (χ4v) is 8.41. The highest BCUT2D eigenvalue weighted by atomic mass is 35.5. The molecule has 0 bridgehead atoms. The minimum Gasteiger partial charge on any atom is -0.268 e. The predicted octanol–water partition coefficient (Wildman–Crippen LogP) is 12.2. The minimum atomic E-state index is -0.519. The summed E-state index contributed by atoms with van der Waals surface area (Å²) in [7, 11) is 0. The van der Waals surface area contributed by atoms with Gasteiger partial charge in [-0.25, -0.2) is 19.3 Å². The van der Waals surface area contributed by atoms with Crippen molar-refractivity contribution < 1.29 is 9.85 Å². The molecule has 0 aliphatic carbocycles. The molecule has 6 aromatic carbocycles. The molecule has 0 unspecified atom stereocenters. The molecule has 4 aromatic heterocycles. The van der Waals surface area contributed by atoms with Crippen molar-refractivity contribution in [1.29, 1.82) is 0 Å². The highest BCUT2D eigenvalue weighted by molar-refractivity contribution is 6.37. The van der Waals surface area contributed by atoms with Gasteiger partial charge in [-0.05, 0) is 103 Å². The Balaban J connectivity index is 0.000000170. The van der Waals surface area contributed by atoms with E-state index >= 15 is 0 Å². The molecule has 0 N–H and O–H groups in total. The number of fused-ring (bicyclic) bond motifs is 2. The highest BCUT2D eigenvalue weighted by Crippen LogP contribution is 2.34.